The summed E-state index contributed by atoms with van der Waals surface area (Å²) < 4.78 is 25.5. The van der Waals surface area contributed by atoms with E-state index in [1.54, 1.807) is 46.0 Å². The van der Waals surface area contributed by atoms with Crippen LogP contribution in [0, 0.1) is 0 Å². The van der Waals surface area contributed by atoms with Gasteiger partial charge in [-0.15, -0.1) is 11.3 Å². The van der Waals surface area contributed by atoms with Gasteiger partial charge in [-0.25, -0.2) is 13.2 Å². The number of amides is 2. The summed E-state index contributed by atoms with van der Waals surface area (Å²) in [6, 6.07) is 7.98. The lowest BCUT2D eigenvalue weighted by molar-refractivity contribution is 0.164. The number of hydrogen-bond acceptors (Lipinski definition) is 5. The first kappa shape index (κ1) is 16.9. The first-order valence-electron chi connectivity index (χ1n) is 7.59. The van der Waals surface area contributed by atoms with Crippen molar-refractivity contribution in [1.29, 1.82) is 0 Å². The molecule has 2 aromatic rings. The number of carbonyl (C=O) groups is 1. The number of nitrogens with zero attached hydrogens (tertiary/aromatic N) is 2. The molecule has 0 atom stereocenters. The predicted octanol–water partition coefficient (Wildman–Crippen LogP) is 2.36. The highest BCUT2D eigenvalue weighted by molar-refractivity contribution is 7.91. The van der Waals surface area contributed by atoms with Gasteiger partial charge in [-0.1, -0.05) is 18.2 Å². The molecule has 1 N–H and O–H groups in total. The van der Waals surface area contributed by atoms with E-state index < -0.39 is 9.84 Å². The molecule has 128 valence electrons. The monoisotopic (exact) mass is 365 g/mol. The van der Waals surface area contributed by atoms with E-state index in [1.165, 1.54) is 11.3 Å². The quantitative estimate of drug-likeness (QED) is 0.907. The van der Waals surface area contributed by atoms with E-state index >= 15 is 0 Å². The third-order valence-corrected chi connectivity index (χ3v) is 6.70. The summed E-state index contributed by atoms with van der Waals surface area (Å²) in [6.07, 6.45) is 0. The van der Waals surface area contributed by atoms with Crippen LogP contribution < -0.4 is 5.32 Å². The number of anilines is 1. The first-order chi connectivity index (χ1) is 11.5. The van der Waals surface area contributed by atoms with Crippen LogP contribution in [0.15, 0.2) is 50.9 Å². The Morgan fingerprint density at radius 1 is 1.08 bits per heavy atom. The van der Waals surface area contributed by atoms with Crippen molar-refractivity contribution in [2.75, 3.05) is 38.5 Å². The molecule has 0 saturated carbocycles. The van der Waals surface area contributed by atoms with Gasteiger partial charge in [0, 0.05) is 36.9 Å². The molecule has 1 aromatic heterocycles. The molecule has 1 saturated heterocycles. The Kier molecular flexibility index (Phi) is 4.88. The molecule has 0 bridgehead atoms. The molecule has 3 rings (SSSR count). The summed E-state index contributed by atoms with van der Waals surface area (Å²) in [5, 5.41) is 5.96. The van der Waals surface area contributed by atoms with Crippen LogP contribution in [0.4, 0.5) is 10.5 Å². The summed E-state index contributed by atoms with van der Waals surface area (Å²) in [6.45, 7) is 2.89. The maximum Gasteiger partial charge on any atom is 0.321 e. The van der Waals surface area contributed by atoms with Crippen LogP contribution in [0.3, 0.4) is 0 Å². The molecule has 1 fully saturated rings. The molecule has 2 amide bonds. The zero-order valence-corrected chi connectivity index (χ0v) is 14.9. The Hall–Kier alpha value is -1.90. The Labute approximate surface area is 145 Å². The SMILES string of the molecule is CN1CCN(C(=O)Nc2cscc2S(=O)(=O)c2ccccc2)CC1. The normalized spacial score (nSPS) is 16.1. The number of piperazine rings is 1. The van der Waals surface area contributed by atoms with Crippen molar-refractivity contribution in [3.8, 4) is 0 Å². The lowest BCUT2D eigenvalue weighted by Crippen LogP contribution is -2.48. The van der Waals surface area contributed by atoms with Crippen LogP contribution in [-0.2, 0) is 9.84 Å². The van der Waals surface area contributed by atoms with Crippen LogP contribution in [0.2, 0.25) is 0 Å². The number of sulfone groups is 1. The Morgan fingerprint density at radius 2 is 1.75 bits per heavy atom. The van der Waals surface area contributed by atoms with Crippen molar-refractivity contribution in [3.05, 3.63) is 41.1 Å². The third kappa shape index (κ3) is 3.45. The van der Waals surface area contributed by atoms with E-state index in [0.29, 0.717) is 18.8 Å². The maximum absolute atomic E-state index is 12.8. The number of nitrogens with one attached hydrogen (secondary N) is 1. The number of rotatable bonds is 3. The zero-order chi connectivity index (χ0) is 17.2. The highest BCUT2D eigenvalue weighted by Gasteiger charge is 2.25. The van der Waals surface area contributed by atoms with Crippen molar-refractivity contribution >= 4 is 32.9 Å². The fourth-order valence-electron chi connectivity index (χ4n) is 2.51. The molecule has 24 heavy (non-hydrogen) atoms. The smallest absolute Gasteiger partial charge is 0.321 e. The van der Waals surface area contributed by atoms with Crippen molar-refractivity contribution < 1.29 is 13.2 Å². The van der Waals surface area contributed by atoms with Gasteiger partial charge in [0.15, 0.2) is 0 Å². The lowest BCUT2D eigenvalue weighted by atomic mass is 10.3. The van der Waals surface area contributed by atoms with Crippen LogP contribution in [0.25, 0.3) is 0 Å². The largest absolute Gasteiger partial charge is 0.322 e. The minimum Gasteiger partial charge on any atom is -0.322 e. The second-order valence-electron chi connectivity index (χ2n) is 5.69. The molecular formula is C16H19N3O3S2. The topological polar surface area (TPSA) is 69.7 Å². The molecule has 0 radical (unpaired) electrons. The maximum atomic E-state index is 12.8. The minimum absolute atomic E-state index is 0.140. The van der Waals surface area contributed by atoms with Crippen molar-refractivity contribution in [1.82, 2.24) is 9.80 Å². The van der Waals surface area contributed by atoms with Gasteiger partial charge < -0.3 is 15.1 Å². The average Bonchev–Trinajstić information content (AvgIpc) is 3.05. The van der Waals surface area contributed by atoms with Gasteiger partial charge in [-0.3, -0.25) is 0 Å². The molecule has 2 heterocycles. The van der Waals surface area contributed by atoms with Gasteiger partial charge in [0.05, 0.1) is 10.6 Å². The van der Waals surface area contributed by atoms with E-state index in [1.807, 2.05) is 7.05 Å². The number of urea groups is 1. The van der Waals surface area contributed by atoms with Crippen LogP contribution in [0.5, 0.6) is 0 Å². The predicted molar refractivity (Wildman–Crippen MR) is 94.3 cm³/mol. The molecule has 6 nitrogen and oxygen atoms in total. The van der Waals surface area contributed by atoms with Crippen LogP contribution in [-0.4, -0.2) is 57.5 Å². The van der Waals surface area contributed by atoms with Gasteiger partial charge in [0.2, 0.25) is 9.84 Å². The summed E-state index contributed by atoms with van der Waals surface area (Å²) in [5.41, 5.74) is 0.341. The van der Waals surface area contributed by atoms with Crippen molar-refractivity contribution in [3.63, 3.8) is 0 Å². The van der Waals surface area contributed by atoms with E-state index in [9.17, 15) is 13.2 Å². The van der Waals surface area contributed by atoms with Crippen LogP contribution >= 0.6 is 11.3 Å². The second kappa shape index (κ2) is 6.92. The number of benzene rings is 1. The van der Waals surface area contributed by atoms with Gasteiger partial charge in [-0.2, -0.15) is 0 Å². The molecule has 8 heteroatoms. The van der Waals surface area contributed by atoms with Gasteiger partial charge in [-0.05, 0) is 19.2 Å². The van der Waals surface area contributed by atoms with Gasteiger partial charge >= 0.3 is 6.03 Å². The summed E-state index contributed by atoms with van der Waals surface area (Å²) >= 11 is 1.26. The molecule has 1 aliphatic rings. The van der Waals surface area contributed by atoms with E-state index in [-0.39, 0.29) is 15.8 Å². The molecule has 0 aliphatic carbocycles. The van der Waals surface area contributed by atoms with Crippen molar-refractivity contribution in [2.24, 2.45) is 0 Å². The molecule has 1 aliphatic heterocycles. The summed E-state index contributed by atoms with van der Waals surface area (Å²) in [4.78, 5) is 16.6. The number of thiophene rings is 1. The Bertz CT molecular complexity index is 810. The highest BCUT2D eigenvalue weighted by Crippen LogP contribution is 2.31. The van der Waals surface area contributed by atoms with Crippen molar-refractivity contribution in [2.45, 2.75) is 9.79 Å². The highest BCUT2D eigenvalue weighted by atomic mass is 32.2. The summed E-state index contributed by atoms with van der Waals surface area (Å²) in [5.74, 6) is 0. The average molecular weight is 365 g/mol. The van der Waals surface area contributed by atoms with E-state index in [0.717, 1.165) is 13.1 Å². The minimum atomic E-state index is -3.64. The van der Waals surface area contributed by atoms with Gasteiger partial charge in [0.1, 0.15) is 4.90 Å². The first-order valence-corrected chi connectivity index (χ1v) is 10.0. The fourth-order valence-corrected chi connectivity index (χ4v) is 5.07. The number of carbonyl (C=O) groups excluding carboxylic acids is 1. The van der Waals surface area contributed by atoms with E-state index in [2.05, 4.69) is 10.2 Å². The fraction of sp³-hybridized carbons (Fsp3) is 0.312. The van der Waals surface area contributed by atoms with Crippen LogP contribution in [0.1, 0.15) is 0 Å². The van der Waals surface area contributed by atoms with Gasteiger partial charge in [0.25, 0.3) is 0 Å². The number of likely N-dealkylation sites (N-methyl/N-ethyl adjacent to an activating group) is 1. The second-order valence-corrected chi connectivity index (χ2v) is 8.35. The third-order valence-electron chi connectivity index (χ3n) is 4.00. The molecule has 0 spiro atoms. The molecular weight excluding hydrogens is 346 g/mol. The Balaban J connectivity index is 1.80. The number of hydrogen-bond donors (Lipinski definition) is 1. The zero-order valence-electron chi connectivity index (χ0n) is 13.3. The Morgan fingerprint density at radius 3 is 2.42 bits per heavy atom. The molecule has 1 aromatic carbocycles. The standard InChI is InChI=1S/C16H19N3O3S2/c1-18-7-9-19(10-8-18)16(20)17-14-11-23-12-15(14)24(21,22)13-5-3-2-4-6-13/h2-6,11-12H,7-10H2,1H3,(H,17,20). The van der Waals surface area contributed by atoms with E-state index in [4.69, 9.17) is 0 Å². The summed E-state index contributed by atoms with van der Waals surface area (Å²) in [7, 11) is -1.63. The lowest BCUT2D eigenvalue weighted by Gasteiger charge is -2.32. The molecule has 0 unspecified atom stereocenters.